The monoisotopic (exact) mass is 431 g/mol. The van der Waals surface area contributed by atoms with Crippen LogP contribution in [0.2, 0.25) is 0 Å². The number of rotatable bonds is 6. The fourth-order valence-electron chi connectivity index (χ4n) is 2.73. The Hall–Kier alpha value is -2.85. The quantitative estimate of drug-likeness (QED) is 0.604. The molecule has 3 aromatic rings. The molecular formula is C20H16FN2O4S2-. The molecule has 0 radical (unpaired) electrons. The summed E-state index contributed by atoms with van der Waals surface area (Å²) >= 11 is -2.91. The van der Waals surface area contributed by atoms with Crippen LogP contribution in [0, 0.1) is 5.82 Å². The van der Waals surface area contributed by atoms with Gasteiger partial charge in [-0.05, 0) is 34.9 Å². The van der Waals surface area contributed by atoms with E-state index in [2.05, 4.69) is 0 Å². The van der Waals surface area contributed by atoms with Gasteiger partial charge in [0.25, 0.3) is 0 Å². The zero-order valence-corrected chi connectivity index (χ0v) is 16.6. The van der Waals surface area contributed by atoms with E-state index in [9.17, 15) is 21.6 Å². The molecule has 6 nitrogen and oxygen atoms in total. The van der Waals surface area contributed by atoms with Crippen LogP contribution in [0.4, 0.5) is 10.1 Å². The molecule has 0 aliphatic heterocycles. The highest BCUT2D eigenvalue weighted by molar-refractivity contribution is 7.89. The number of halogens is 1. The second-order valence-electron chi connectivity index (χ2n) is 5.98. The van der Waals surface area contributed by atoms with Gasteiger partial charge in [-0.3, -0.25) is 8.51 Å². The number of hydrogen-bond acceptors (Lipinski definition) is 4. The molecule has 1 atom stereocenters. The van der Waals surface area contributed by atoms with Crippen LogP contribution in [0.25, 0.3) is 17.2 Å². The van der Waals surface area contributed by atoms with Gasteiger partial charge in [0.05, 0.1) is 17.0 Å². The van der Waals surface area contributed by atoms with Crippen molar-refractivity contribution in [2.24, 2.45) is 5.14 Å². The maximum atomic E-state index is 14.0. The van der Waals surface area contributed by atoms with E-state index in [0.717, 1.165) is 29.5 Å². The van der Waals surface area contributed by atoms with Crippen LogP contribution in [-0.2, 0) is 21.3 Å². The van der Waals surface area contributed by atoms with Gasteiger partial charge in [0, 0.05) is 6.20 Å². The predicted octanol–water partition coefficient (Wildman–Crippen LogP) is 3.41. The third kappa shape index (κ3) is 4.96. The molecule has 29 heavy (non-hydrogen) atoms. The summed E-state index contributed by atoms with van der Waals surface area (Å²) in [6.45, 7) is 0. The van der Waals surface area contributed by atoms with Gasteiger partial charge in [0.1, 0.15) is 10.7 Å². The van der Waals surface area contributed by atoms with Gasteiger partial charge in [0.15, 0.2) is 0 Å². The molecule has 150 valence electrons. The van der Waals surface area contributed by atoms with Gasteiger partial charge in [-0.15, -0.1) is 0 Å². The number of primary sulfonamides is 1. The van der Waals surface area contributed by atoms with E-state index in [1.54, 1.807) is 12.1 Å². The Labute approximate surface area is 170 Å². The summed E-state index contributed by atoms with van der Waals surface area (Å²) in [4.78, 5) is -0.895. The minimum atomic E-state index is -4.49. The number of nitrogens with two attached hydrogens (primary N) is 1. The molecular weight excluding hydrogens is 415 g/mol. The summed E-state index contributed by atoms with van der Waals surface area (Å²) in [6, 6.07) is 20.2. The van der Waals surface area contributed by atoms with Crippen LogP contribution in [-0.4, -0.2) is 17.2 Å². The Morgan fingerprint density at radius 1 is 0.931 bits per heavy atom. The van der Waals surface area contributed by atoms with Crippen molar-refractivity contribution in [3.63, 3.8) is 0 Å². The molecule has 0 fully saturated rings. The highest BCUT2D eigenvalue weighted by Gasteiger charge is 2.22. The Morgan fingerprint density at radius 2 is 1.55 bits per heavy atom. The standard InChI is InChI=1S/C20H17FN2O4S2/c21-18-7-4-8-19(20(18)29(22,26)27)23(28(24)25)14-13-15-9-11-17(12-10-15)16-5-2-1-3-6-16/h1-14H,(H,24,25)(H2,22,26,27)/p-1. The summed E-state index contributed by atoms with van der Waals surface area (Å²) in [5, 5.41) is 5.06. The van der Waals surface area contributed by atoms with Gasteiger partial charge in [0.2, 0.25) is 10.0 Å². The fourth-order valence-corrected chi connectivity index (χ4v) is 4.06. The zero-order valence-electron chi connectivity index (χ0n) is 14.9. The second-order valence-corrected chi connectivity index (χ2v) is 8.31. The van der Waals surface area contributed by atoms with Gasteiger partial charge in [-0.1, -0.05) is 60.7 Å². The molecule has 0 bridgehead atoms. The molecule has 0 aliphatic rings. The minimum absolute atomic E-state index is 0.405. The third-order valence-corrected chi connectivity index (χ3v) is 5.66. The zero-order chi connectivity index (χ0) is 21.0. The van der Waals surface area contributed by atoms with Gasteiger partial charge in [-0.2, -0.15) is 0 Å². The summed E-state index contributed by atoms with van der Waals surface area (Å²) in [5.74, 6) is -1.14. The Morgan fingerprint density at radius 3 is 2.14 bits per heavy atom. The van der Waals surface area contributed by atoms with Crippen LogP contribution >= 0.6 is 0 Å². The highest BCUT2D eigenvalue weighted by atomic mass is 32.2. The number of benzene rings is 3. The van der Waals surface area contributed by atoms with E-state index in [1.807, 2.05) is 42.5 Å². The van der Waals surface area contributed by atoms with E-state index in [4.69, 9.17) is 5.14 Å². The van der Waals surface area contributed by atoms with Crippen molar-refractivity contribution in [3.8, 4) is 11.1 Å². The lowest BCUT2D eigenvalue weighted by molar-refractivity contribution is 0.536. The van der Waals surface area contributed by atoms with E-state index < -0.39 is 37.7 Å². The van der Waals surface area contributed by atoms with E-state index in [1.165, 1.54) is 12.1 Å². The smallest absolute Gasteiger partial charge is 0.243 e. The maximum Gasteiger partial charge on any atom is 0.243 e. The lowest BCUT2D eigenvalue weighted by atomic mass is 10.0. The summed E-state index contributed by atoms with van der Waals surface area (Å²) in [7, 11) is -4.49. The SMILES string of the molecule is NS(=O)(=O)c1c(F)cccc1N(C=Cc1ccc(-c2ccccc2)cc1)S(=O)[O-]. The molecule has 9 heteroatoms. The topological polar surface area (TPSA) is 104 Å². The number of anilines is 1. The van der Waals surface area contributed by atoms with Crippen LogP contribution in [0.1, 0.15) is 5.56 Å². The Balaban J connectivity index is 1.94. The first-order valence-corrected chi connectivity index (χ1v) is 10.9. The van der Waals surface area contributed by atoms with Crippen molar-refractivity contribution in [1.29, 1.82) is 0 Å². The van der Waals surface area contributed by atoms with Crippen molar-refractivity contribution in [2.45, 2.75) is 4.90 Å². The highest BCUT2D eigenvalue weighted by Crippen LogP contribution is 2.28. The lowest BCUT2D eigenvalue weighted by Crippen LogP contribution is -2.24. The second kappa shape index (κ2) is 8.66. The Kier molecular flexibility index (Phi) is 6.23. The molecule has 1 unspecified atom stereocenters. The van der Waals surface area contributed by atoms with Crippen molar-refractivity contribution in [3.05, 3.63) is 90.4 Å². The molecule has 0 aliphatic carbocycles. The van der Waals surface area contributed by atoms with Crippen LogP contribution < -0.4 is 9.44 Å². The maximum absolute atomic E-state index is 14.0. The van der Waals surface area contributed by atoms with Crippen LogP contribution in [0.5, 0.6) is 0 Å². The van der Waals surface area contributed by atoms with Crippen LogP contribution in [0.15, 0.2) is 83.9 Å². The van der Waals surface area contributed by atoms with Gasteiger partial charge < -0.3 is 4.55 Å². The van der Waals surface area contributed by atoms with Crippen LogP contribution in [0.3, 0.4) is 0 Å². The first-order chi connectivity index (χ1) is 13.8. The average molecular weight is 431 g/mol. The normalized spacial score (nSPS) is 12.8. The van der Waals surface area contributed by atoms with Gasteiger partial charge >= 0.3 is 0 Å². The molecule has 0 amide bonds. The molecule has 0 saturated heterocycles. The van der Waals surface area contributed by atoms with Crippen molar-refractivity contribution in [2.75, 3.05) is 4.31 Å². The molecule has 2 N–H and O–H groups in total. The molecule has 0 heterocycles. The van der Waals surface area contributed by atoms with E-state index in [-0.39, 0.29) is 0 Å². The molecule has 0 spiro atoms. The van der Waals surface area contributed by atoms with Crippen molar-refractivity contribution >= 4 is 33.1 Å². The lowest BCUT2D eigenvalue weighted by Gasteiger charge is -2.24. The summed E-state index contributed by atoms with van der Waals surface area (Å²) < 4.78 is 61.4. The van der Waals surface area contributed by atoms with Crippen molar-refractivity contribution in [1.82, 2.24) is 0 Å². The molecule has 0 saturated carbocycles. The molecule has 0 aromatic heterocycles. The van der Waals surface area contributed by atoms with E-state index in [0.29, 0.717) is 9.87 Å². The largest absolute Gasteiger partial charge is 0.755 e. The Bertz CT molecular complexity index is 1160. The van der Waals surface area contributed by atoms with Gasteiger partial charge in [-0.25, -0.2) is 17.9 Å². The van der Waals surface area contributed by atoms with E-state index >= 15 is 0 Å². The third-order valence-electron chi connectivity index (χ3n) is 4.05. The number of nitrogens with zero attached hydrogens (tertiary/aromatic N) is 1. The summed E-state index contributed by atoms with van der Waals surface area (Å²) in [6.07, 6.45) is 2.59. The molecule has 3 rings (SSSR count). The summed E-state index contributed by atoms with van der Waals surface area (Å²) in [5.41, 5.74) is 2.27. The number of hydrogen-bond donors (Lipinski definition) is 1. The predicted molar refractivity (Wildman–Crippen MR) is 110 cm³/mol. The van der Waals surface area contributed by atoms with Crippen molar-refractivity contribution < 1.29 is 21.6 Å². The first-order valence-electron chi connectivity index (χ1n) is 8.31. The minimum Gasteiger partial charge on any atom is -0.755 e. The average Bonchev–Trinajstić information content (AvgIpc) is 2.68. The fraction of sp³-hybridized carbons (Fsp3) is 0. The number of sulfonamides is 1. The molecule has 3 aromatic carbocycles. The first kappa shape index (κ1) is 20.9.